The Balaban J connectivity index is 0.000000158. The molecule has 0 unspecified atom stereocenters. The van der Waals surface area contributed by atoms with Gasteiger partial charge in [-0.2, -0.15) is 47.6 Å². The molecule has 0 fully saturated rings. The number of benzene rings is 6. The fourth-order valence-electron chi connectivity index (χ4n) is 5.57. The van der Waals surface area contributed by atoms with E-state index < -0.39 is 0 Å². The molecule has 0 amide bonds. The van der Waals surface area contributed by atoms with Crippen LogP contribution in [0.3, 0.4) is 0 Å². The molecule has 0 N–H and O–H groups in total. The van der Waals surface area contributed by atoms with Crippen molar-refractivity contribution in [3.63, 3.8) is 0 Å². The Labute approximate surface area is 251 Å². The Hall–Kier alpha value is -2.83. The van der Waals surface area contributed by atoms with Crippen molar-refractivity contribution < 1.29 is 49.0 Å². The van der Waals surface area contributed by atoms with E-state index in [0.717, 1.165) is 12.8 Å². The van der Waals surface area contributed by atoms with E-state index in [-0.39, 0.29) is 24.8 Å². The molecule has 6 aromatic rings. The van der Waals surface area contributed by atoms with E-state index in [4.69, 9.17) is 0 Å². The molecule has 2 aliphatic rings. The first-order chi connectivity index (χ1) is 17.9. The van der Waals surface area contributed by atoms with Crippen molar-refractivity contribution in [3.05, 3.63) is 144 Å². The molecule has 0 saturated heterocycles. The summed E-state index contributed by atoms with van der Waals surface area (Å²) in [5.41, 5.74) is 5.38. The van der Waals surface area contributed by atoms with Gasteiger partial charge in [0.2, 0.25) is 0 Å². The molecule has 0 spiro atoms. The summed E-state index contributed by atoms with van der Waals surface area (Å²) < 4.78 is 3.34. The monoisotopic (exact) mass is 604 g/mol. The summed E-state index contributed by atoms with van der Waals surface area (Å²) in [5, 5.41) is 10.8. The molecule has 0 nitrogen and oxygen atoms in total. The van der Waals surface area contributed by atoms with Crippen LogP contribution in [0.25, 0.3) is 43.1 Å². The first-order valence-electron chi connectivity index (χ1n) is 12.3. The van der Waals surface area contributed by atoms with Crippen LogP contribution in [-0.2, 0) is 37.1 Å². The van der Waals surface area contributed by atoms with E-state index in [1.54, 1.807) is 0 Å². The van der Waals surface area contributed by atoms with Crippen molar-refractivity contribution in [1.82, 2.24) is 0 Å². The van der Waals surface area contributed by atoms with Crippen molar-refractivity contribution in [2.45, 2.75) is 12.8 Å². The standard InChI is InChI=1S/2C17H11.CH2.2ClH.Zr/c2*1-2-6-15-12(4-1)8-10-14-11-9-13-5-3-7-16(13)17(14)15;;;;/h2*1-4,6,8-11H,7H2;1H2;2*1H;/q2*-1;;;;+2/p-2. The zero-order chi connectivity index (χ0) is 24.5. The SMILES string of the molecule is [C-]1=CCc2c1ccc1ccc3ccccc3c21.[C-]1=CCc2c1ccc1ccc3ccccc3c21.[CH2]=[Zr+2].[Cl-].[Cl-]. The summed E-state index contributed by atoms with van der Waals surface area (Å²) >= 11 is 1.30. The topological polar surface area (TPSA) is 0 Å². The first kappa shape index (κ1) is 28.2. The number of fused-ring (bicyclic) bond motifs is 10. The van der Waals surface area contributed by atoms with Gasteiger partial charge in [0.15, 0.2) is 0 Å². The first-order valence-corrected chi connectivity index (χ1v) is 14.0. The largest absolute Gasteiger partial charge is 1.00 e. The third kappa shape index (κ3) is 4.96. The van der Waals surface area contributed by atoms with Crippen LogP contribution in [0.1, 0.15) is 22.3 Å². The van der Waals surface area contributed by atoms with Crippen LogP contribution in [0.4, 0.5) is 0 Å². The van der Waals surface area contributed by atoms with Crippen molar-refractivity contribution in [1.29, 1.82) is 0 Å². The fourth-order valence-corrected chi connectivity index (χ4v) is 5.57. The molecule has 0 bridgehead atoms. The van der Waals surface area contributed by atoms with Gasteiger partial charge in [-0.3, -0.25) is 0 Å². The van der Waals surface area contributed by atoms with E-state index in [1.807, 2.05) is 0 Å². The van der Waals surface area contributed by atoms with Gasteiger partial charge in [0.25, 0.3) is 0 Å². The van der Waals surface area contributed by atoms with Gasteiger partial charge in [-0.1, -0.05) is 96.4 Å². The molecule has 0 saturated carbocycles. The summed E-state index contributed by atoms with van der Waals surface area (Å²) in [6, 6.07) is 34.8. The van der Waals surface area contributed by atoms with Crippen molar-refractivity contribution >= 4 is 47.3 Å². The van der Waals surface area contributed by atoms with Crippen LogP contribution in [0.2, 0.25) is 0 Å². The van der Waals surface area contributed by atoms with Gasteiger partial charge in [-0.25, -0.2) is 0 Å². The van der Waals surface area contributed by atoms with E-state index >= 15 is 0 Å². The van der Waals surface area contributed by atoms with Crippen LogP contribution in [0.15, 0.2) is 109 Å². The van der Waals surface area contributed by atoms with Crippen molar-refractivity contribution in [2.75, 3.05) is 0 Å². The molecule has 6 aromatic carbocycles. The number of halogens is 2. The van der Waals surface area contributed by atoms with Gasteiger partial charge in [0, 0.05) is 0 Å². The average Bonchev–Trinajstić information content (AvgIpc) is 3.64. The molecule has 2 aliphatic carbocycles. The van der Waals surface area contributed by atoms with E-state index in [1.165, 1.54) is 89.6 Å². The maximum Gasteiger partial charge on any atom is -1.00 e. The van der Waals surface area contributed by atoms with Gasteiger partial charge in [0.1, 0.15) is 0 Å². The minimum Gasteiger partial charge on any atom is -1.00 e. The van der Waals surface area contributed by atoms with Crippen LogP contribution in [0, 0.1) is 12.2 Å². The zero-order valence-corrected chi connectivity index (χ0v) is 24.7. The molecule has 0 atom stereocenters. The number of hydrogen-bond acceptors (Lipinski definition) is 0. The van der Waals surface area contributed by atoms with Crippen molar-refractivity contribution in [2.24, 2.45) is 0 Å². The third-order valence-corrected chi connectivity index (χ3v) is 7.16. The fraction of sp³-hybridized carbons (Fsp3) is 0.0571. The van der Waals surface area contributed by atoms with Crippen LogP contribution < -0.4 is 24.8 Å². The molecular weight excluding hydrogens is 583 g/mol. The second kappa shape index (κ2) is 12.4. The maximum absolute atomic E-state index is 3.34. The quantitative estimate of drug-likeness (QED) is 0.184. The normalized spacial score (nSPS) is 12.2. The Morgan fingerprint density at radius 3 is 1.29 bits per heavy atom. The molecular formula is C35H24Cl2Zr-2. The maximum atomic E-state index is 3.34. The number of rotatable bonds is 0. The Morgan fingerprint density at radius 1 is 0.474 bits per heavy atom. The summed E-state index contributed by atoms with van der Waals surface area (Å²) in [6.45, 7) is 0. The predicted octanol–water partition coefficient (Wildman–Crippen LogP) is 2.49. The molecule has 38 heavy (non-hydrogen) atoms. The smallest absolute Gasteiger partial charge is 1.00 e. The summed E-state index contributed by atoms with van der Waals surface area (Å²) in [5.74, 6) is 0. The van der Waals surface area contributed by atoms with E-state index in [2.05, 4.69) is 126 Å². The summed E-state index contributed by atoms with van der Waals surface area (Å²) in [6.07, 6.45) is 13.0. The van der Waals surface area contributed by atoms with Crippen LogP contribution in [0.5, 0.6) is 0 Å². The molecule has 0 heterocycles. The van der Waals surface area contributed by atoms with Gasteiger partial charge in [-0.05, 0) is 32.3 Å². The molecule has 0 aromatic heterocycles. The number of allylic oxidation sites excluding steroid dienone is 2. The Kier molecular flexibility index (Phi) is 9.16. The zero-order valence-electron chi connectivity index (χ0n) is 20.8. The third-order valence-electron chi connectivity index (χ3n) is 7.16. The van der Waals surface area contributed by atoms with Gasteiger partial charge in [-0.15, -0.1) is 23.3 Å². The van der Waals surface area contributed by atoms with E-state index in [9.17, 15) is 0 Å². The molecule has 0 aliphatic heterocycles. The van der Waals surface area contributed by atoms with E-state index in [0.29, 0.717) is 0 Å². The van der Waals surface area contributed by atoms with Crippen LogP contribution >= 0.6 is 0 Å². The van der Waals surface area contributed by atoms with Crippen LogP contribution in [-0.4, -0.2) is 4.21 Å². The average molecular weight is 607 g/mol. The Morgan fingerprint density at radius 2 is 0.842 bits per heavy atom. The Bertz CT molecular complexity index is 1700. The van der Waals surface area contributed by atoms with Crippen molar-refractivity contribution in [3.8, 4) is 0 Å². The minimum absolute atomic E-state index is 0. The summed E-state index contributed by atoms with van der Waals surface area (Å²) in [7, 11) is 0. The summed E-state index contributed by atoms with van der Waals surface area (Å²) in [4.78, 5) is 0. The van der Waals surface area contributed by atoms with Gasteiger partial charge >= 0.3 is 28.4 Å². The molecule has 3 heteroatoms. The van der Waals surface area contributed by atoms with Gasteiger partial charge in [0.05, 0.1) is 0 Å². The van der Waals surface area contributed by atoms with Gasteiger partial charge < -0.3 is 24.8 Å². The second-order valence-electron chi connectivity index (χ2n) is 9.06. The molecule has 0 radical (unpaired) electrons. The molecule has 8 rings (SSSR count). The molecule has 184 valence electrons. The number of hydrogen-bond donors (Lipinski definition) is 0. The second-order valence-corrected chi connectivity index (χ2v) is 9.06. The minimum atomic E-state index is 0. The predicted molar refractivity (Wildman–Crippen MR) is 151 cm³/mol.